The highest BCUT2D eigenvalue weighted by atomic mass is 16.5. The van der Waals surface area contributed by atoms with E-state index in [1.54, 1.807) is 31.4 Å². The lowest BCUT2D eigenvalue weighted by atomic mass is 10.2. The van der Waals surface area contributed by atoms with Crippen molar-refractivity contribution in [3.63, 3.8) is 0 Å². The van der Waals surface area contributed by atoms with Crippen LogP contribution in [0.3, 0.4) is 0 Å². The van der Waals surface area contributed by atoms with Gasteiger partial charge in [-0.3, -0.25) is 9.59 Å². The molecule has 1 heterocycles. The Morgan fingerprint density at radius 3 is 2.67 bits per heavy atom. The van der Waals surface area contributed by atoms with Gasteiger partial charge in [-0.05, 0) is 30.3 Å². The number of hydrogen-bond donors (Lipinski definition) is 1. The first-order chi connectivity index (χ1) is 10.1. The summed E-state index contributed by atoms with van der Waals surface area (Å²) in [6.45, 7) is -0.253. The fraction of sp³-hybridized carbons (Fsp3) is 0.143. The number of ether oxygens (including phenoxy) is 1. The number of aliphatic imine (C=N–C) groups is 1. The van der Waals surface area contributed by atoms with Crippen LogP contribution >= 0.6 is 0 Å². The van der Waals surface area contributed by atoms with Crippen LogP contribution in [0.25, 0.3) is 0 Å². The number of rotatable bonds is 4. The van der Waals surface area contributed by atoms with Crippen LogP contribution < -0.4 is 16.0 Å². The lowest BCUT2D eigenvalue weighted by molar-refractivity contribution is -0.118. The maximum Gasteiger partial charge on any atom is 0.269 e. The van der Waals surface area contributed by atoms with Crippen LogP contribution in [0.5, 0.6) is 5.75 Å². The second kappa shape index (κ2) is 6.47. The molecule has 0 atom stereocenters. The summed E-state index contributed by atoms with van der Waals surface area (Å²) in [5, 5.41) is 3.78. The minimum Gasteiger partial charge on any atom is -0.497 e. The molecule has 0 saturated heterocycles. The molecule has 1 aromatic heterocycles. The van der Waals surface area contributed by atoms with Gasteiger partial charge in [0.25, 0.3) is 11.5 Å². The molecule has 0 bridgehead atoms. The number of methoxy groups -OCH3 is 1. The van der Waals surface area contributed by atoms with E-state index >= 15 is 0 Å². The van der Waals surface area contributed by atoms with Crippen LogP contribution in [0.15, 0.2) is 52.4 Å². The quantitative estimate of drug-likeness (QED) is 0.638. The van der Waals surface area contributed by atoms with Crippen LogP contribution in [0, 0.1) is 0 Å². The molecule has 0 radical (unpaired) electrons. The van der Waals surface area contributed by atoms with Gasteiger partial charge in [-0.25, -0.2) is 4.68 Å². The highest BCUT2D eigenvalue weighted by molar-refractivity contribution is 6.04. The normalized spacial score (nSPS) is 11.2. The Morgan fingerprint density at radius 1 is 1.33 bits per heavy atom. The van der Waals surface area contributed by atoms with E-state index < -0.39 is 5.91 Å². The SMILES string of the molecule is COc1ccc(C(N)=NC(=O)Cn2ncccc2=O)cc1. The van der Waals surface area contributed by atoms with E-state index in [1.807, 2.05) is 0 Å². The van der Waals surface area contributed by atoms with Crippen LogP contribution in [-0.4, -0.2) is 28.6 Å². The van der Waals surface area contributed by atoms with Crippen molar-refractivity contribution >= 4 is 11.7 Å². The number of nitrogens with two attached hydrogens (primary N) is 1. The van der Waals surface area contributed by atoms with Crippen molar-refractivity contribution in [1.29, 1.82) is 0 Å². The Morgan fingerprint density at radius 2 is 2.05 bits per heavy atom. The first-order valence-corrected chi connectivity index (χ1v) is 6.13. The van der Waals surface area contributed by atoms with Gasteiger partial charge in [0.05, 0.1) is 7.11 Å². The molecule has 0 unspecified atom stereocenters. The predicted molar refractivity (Wildman–Crippen MR) is 77.2 cm³/mol. The van der Waals surface area contributed by atoms with Gasteiger partial charge in [0.2, 0.25) is 0 Å². The molecular weight excluding hydrogens is 272 g/mol. The third-order valence-electron chi connectivity index (χ3n) is 2.70. The summed E-state index contributed by atoms with van der Waals surface area (Å²) in [6, 6.07) is 9.63. The summed E-state index contributed by atoms with van der Waals surface area (Å²) >= 11 is 0. The number of carbonyl (C=O) groups excluding carboxylic acids is 1. The molecule has 0 aliphatic carbocycles. The monoisotopic (exact) mass is 286 g/mol. The summed E-state index contributed by atoms with van der Waals surface area (Å²) in [4.78, 5) is 27.0. The molecule has 21 heavy (non-hydrogen) atoms. The van der Waals surface area contributed by atoms with E-state index in [0.717, 1.165) is 4.68 Å². The van der Waals surface area contributed by atoms with E-state index in [-0.39, 0.29) is 17.9 Å². The van der Waals surface area contributed by atoms with Gasteiger partial charge in [-0.1, -0.05) is 0 Å². The molecule has 2 N–H and O–H groups in total. The number of carbonyl (C=O) groups is 1. The molecular formula is C14H14N4O3. The average Bonchev–Trinajstić information content (AvgIpc) is 2.49. The number of amides is 1. The van der Waals surface area contributed by atoms with Crippen molar-refractivity contribution < 1.29 is 9.53 Å². The third-order valence-corrected chi connectivity index (χ3v) is 2.70. The van der Waals surface area contributed by atoms with E-state index in [2.05, 4.69) is 10.1 Å². The summed E-state index contributed by atoms with van der Waals surface area (Å²) in [6.07, 6.45) is 1.42. The van der Waals surface area contributed by atoms with Crippen molar-refractivity contribution in [2.24, 2.45) is 10.7 Å². The Hall–Kier alpha value is -2.96. The zero-order valence-electron chi connectivity index (χ0n) is 11.4. The van der Waals surface area contributed by atoms with E-state index in [4.69, 9.17) is 10.5 Å². The van der Waals surface area contributed by atoms with E-state index in [9.17, 15) is 9.59 Å². The standard InChI is InChI=1S/C14H14N4O3/c1-21-11-6-4-10(5-7-11)14(15)17-12(19)9-18-13(20)3-2-8-16-18/h2-8H,9H2,1H3,(H2,15,17,19). The topological polar surface area (TPSA) is 99.6 Å². The number of amidine groups is 1. The fourth-order valence-electron chi connectivity index (χ4n) is 1.63. The zero-order valence-corrected chi connectivity index (χ0v) is 11.4. The maximum atomic E-state index is 11.8. The lowest BCUT2D eigenvalue weighted by Crippen LogP contribution is -2.26. The Kier molecular flexibility index (Phi) is 4.45. The number of aromatic nitrogens is 2. The molecule has 1 aromatic carbocycles. The van der Waals surface area contributed by atoms with Crippen LogP contribution in [0.2, 0.25) is 0 Å². The van der Waals surface area contributed by atoms with Crippen molar-refractivity contribution in [1.82, 2.24) is 9.78 Å². The second-order valence-electron chi connectivity index (χ2n) is 4.14. The Labute approximate surface area is 120 Å². The number of benzene rings is 1. The van der Waals surface area contributed by atoms with Crippen molar-refractivity contribution in [2.75, 3.05) is 7.11 Å². The van der Waals surface area contributed by atoms with Crippen molar-refractivity contribution in [2.45, 2.75) is 6.54 Å². The Bertz CT molecular complexity index is 719. The second-order valence-corrected chi connectivity index (χ2v) is 4.14. The zero-order chi connectivity index (χ0) is 15.2. The highest BCUT2D eigenvalue weighted by Gasteiger charge is 2.06. The number of hydrogen-bond acceptors (Lipinski definition) is 4. The molecule has 2 aromatic rings. The molecule has 0 fully saturated rings. The first kappa shape index (κ1) is 14.4. The van der Waals surface area contributed by atoms with Gasteiger partial charge in [0, 0.05) is 17.8 Å². The summed E-state index contributed by atoms with van der Waals surface area (Å²) < 4.78 is 6.05. The van der Waals surface area contributed by atoms with Gasteiger partial charge in [0.1, 0.15) is 18.1 Å². The van der Waals surface area contributed by atoms with Gasteiger partial charge in [-0.15, -0.1) is 0 Å². The van der Waals surface area contributed by atoms with Crippen LogP contribution in [-0.2, 0) is 11.3 Å². The minimum absolute atomic E-state index is 0.0756. The van der Waals surface area contributed by atoms with E-state index in [1.165, 1.54) is 18.3 Å². The molecule has 0 aliphatic heterocycles. The van der Waals surface area contributed by atoms with Crippen LogP contribution in [0.1, 0.15) is 5.56 Å². The largest absolute Gasteiger partial charge is 0.497 e. The Balaban J connectivity index is 2.12. The minimum atomic E-state index is -0.552. The smallest absolute Gasteiger partial charge is 0.269 e. The van der Waals surface area contributed by atoms with Crippen molar-refractivity contribution in [3.8, 4) is 5.75 Å². The molecule has 0 spiro atoms. The maximum absolute atomic E-state index is 11.8. The van der Waals surface area contributed by atoms with Gasteiger partial charge in [-0.2, -0.15) is 10.1 Å². The van der Waals surface area contributed by atoms with Gasteiger partial charge < -0.3 is 10.5 Å². The van der Waals surface area contributed by atoms with Gasteiger partial charge in [0.15, 0.2) is 0 Å². The summed E-state index contributed by atoms with van der Waals surface area (Å²) in [7, 11) is 1.56. The predicted octanol–water partition coefficient (Wildman–Crippen LogP) is 0.184. The molecule has 7 heteroatoms. The van der Waals surface area contributed by atoms with Crippen LogP contribution in [0.4, 0.5) is 0 Å². The van der Waals surface area contributed by atoms with Gasteiger partial charge >= 0.3 is 0 Å². The highest BCUT2D eigenvalue weighted by Crippen LogP contribution is 2.10. The lowest BCUT2D eigenvalue weighted by Gasteiger charge is -2.03. The summed E-state index contributed by atoms with van der Waals surface area (Å²) in [5.41, 5.74) is 5.98. The molecule has 0 aliphatic rings. The first-order valence-electron chi connectivity index (χ1n) is 6.13. The third kappa shape index (κ3) is 3.75. The molecule has 2 rings (SSSR count). The molecule has 7 nitrogen and oxygen atoms in total. The number of nitrogens with zero attached hydrogens (tertiary/aromatic N) is 3. The van der Waals surface area contributed by atoms with E-state index in [0.29, 0.717) is 11.3 Å². The molecule has 0 saturated carbocycles. The van der Waals surface area contributed by atoms with Crippen molar-refractivity contribution in [3.05, 3.63) is 58.5 Å². The fourth-order valence-corrected chi connectivity index (χ4v) is 1.63. The molecule has 108 valence electrons. The molecule has 1 amide bonds. The average molecular weight is 286 g/mol. The summed E-state index contributed by atoms with van der Waals surface area (Å²) in [5.74, 6) is 0.202.